The van der Waals surface area contributed by atoms with Crippen LogP contribution < -0.4 is 5.32 Å². The summed E-state index contributed by atoms with van der Waals surface area (Å²) >= 11 is 0. The van der Waals surface area contributed by atoms with Gasteiger partial charge in [-0.15, -0.1) is 0 Å². The van der Waals surface area contributed by atoms with E-state index in [1.165, 1.54) is 5.56 Å². The summed E-state index contributed by atoms with van der Waals surface area (Å²) in [6.07, 6.45) is 5.71. The fraction of sp³-hybridized carbons (Fsp3) is 0.619. The third-order valence-electron chi connectivity index (χ3n) is 5.15. The van der Waals surface area contributed by atoms with Gasteiger partial charge in [0.15, 0.2) is 0 Å². The second-order valence-corrected chi connectivity index (χ2v) is 7.46. The molecule has 3 amide bonds. The number of rotatable bonds is 7. The van der Waals surface area contributed by atoms with Crippen molar-refractivity contribution in [2.75, 3.05) is 32.0 Å². The monoisotopic (exact) mass is 359 g/mol. The highest BCUT2D eigenvalue weighted by molar-refractivity contribution is 5.89. The third kappa shape index (κ3) is 6.36. The standard InChI is InChI=1S/C21H33N3O2/c1-4-5-14-23(3)20(25)13-10-18-7-6-15-24(16-18)21(26)22-19-11-8-17(2)9-12-19/h8-9,11-12,18H,4-7,10,13-16H2,1-3H3,(H,22,26)/t18-/m0/s1. The van der Waals surface area contributed by atoms with Gasteiger partial charge in [-0.25, -0.2) is 4.79 Å². The summed E-state index contributed by atoms with van der Waals surface area (Å²) in [6, 6.07) is 7.81. The number of anilines is 1. The Morgan fingerprint density at radius 2 is 2.00 bits per heavy atom. The molecule has 0 aliphatic carbocycles. The Morgan fingerprint density at radius 1 is 1.27 bits per heavy atom. The van der Waals surface area contributed by atoms with Crippen LogP contribution in [0.25, 0.3) is 0 Å². The number of hydrogen-bond acceptors (Lipinski definition) is 2. The summed E-state index contributed by atoms with van der Waals surface area (Å²) in [4.78, 5) is 28.4. The molecule has 1 heterocycles. The van der Waals surface area contributed by atoms with E-state index in [0.29, 0.717) is 12.3 Å². The van der Waals surface area contributed by atoms with Crippen LogP contribution in [0.15, 0.2) is 24.3 Å². The van der Waals surface area contributed by atoms with E-state index < -0.39 is 0 Å². The Balaban J connectivity index is 1.78. The van der Waals surface area contributed by atoms with Crippen LogP contribution in [0.1, 0.15) is 51.0 Å². The molecule has 1 aromatic rings. The van der Waals surface area contributed by atoms with Crippen LogP contribution in [0.4, 0.5) is 10.5 Å². The first-order valence-electron chi connectivity index (χ1n) is 9.86. The molecule has 1 fully saturated rings. The Morgan fingerprint density at radius 3 is 2.69 bits per heavy atom. The highest BCUT2D eigenvalue weighted by Gasteiger charge is 2.24. The van der Waals surface area contributed by atoms with E-state index in [2.05, 4.69) is 12.2 Å². The summed E-state index contributed by atoms with van der Waals surface area (Å²) in [5, 5.41) is 2.98. The average molecular weight is 360 g/mol. The molecule has 144 valence electrons. The average Bonchev–Trinajstić information content (AvgIpc) is 2.66. The van der Waals surface area contributed by atoms with E-state index in [9.17, 15) is 9.59 Å². The molecule has 5 nitrogen and oxygen atoms in total. The zero-order valence-corrected chi connectivity index (χ0v) is 16.5. The van der Waals surface area contributed by atoms with Crippen molar-refractivity contribution in [1.29, 1.82) is 0 Å². The predicted octanol–water partition coefficient (Wildman–Crippen LogP) is 4.28. The van der Waals surface area contributed by atoms with Crippen LogP contribution in [-0.2, 0) is 4.79 Å². The Hall–Kier alpha value is -2.04. The van der Waals surface area contributed by atoms with Crippen LogP contribution in [0.3, 0.4) is 0 Å². The number of hydrogen-bond donors (Lipinski definition) is 1. The van der Waals surface area contributed by atoms with E-state index in [1.54, 1.807) is 0 Å². The van der Waals surface area contributed by atoms with Crippen molar-refractivity contribution >= 4 is 17.6 Å². The van der Waals surface area contributed by atoms with Gasteiger partial charge in [-0.3, -0.25) is 4.79 Å². The smallest absolute Gasteiger partial charge is 0.321 e. The van der Waals surface area contributed by atoms with E-state index in [-0.39, 0.29) is 11.9 Å². The molecule has 26 heavy (non-hydrogen) atoms. The molecule has 0 spiro atoms. The molecule has 1 atom stereocenters. The van der Waals surface area contributed by atoms with Gasteiger partial charge in [-0.1, -0.05) is 31.0 Å². The van der Waals surface area contributed by atoms with Crippen molar-refractivity contribution in [3.63, 3.8) is 0 Å². The SMILES string of the molecule is CCCCN(C)C(=O)CC[C@@H]1CCCN(C(=O)Nc2ccc(C)cc2)C1. The minimum atomic E-state index is -0.0371. The molecule has 0 radical (unpaired) electrons. The number of nitrogens with one attached hydrogen (secondary N) is 1. The quantitative estimate of drug-likeness (QED) is 0.790. The van der Waals surface area contributed by atoms with Crippen LogP contribution in [0.5, 0.6) is 0 Å². The van der Waals surface area contributed by atoms with Crippen LogP contribution >= 0.6 is 0 Å². The molecule has 1 aliphatic rings. The Labute approximate surface area is 157 Å². The number of urea groups is 1. The molecule has 0 unspecified atom stereocenters. The molecular formula is C21H33N3O2. The minimum absolute atomic E-state index is 0.0371. The molecular weight excluding hydrogens is 326 g/mol. The first-order valence-corrected chi connectivity index (χ1v) is 9.86. The number of benzene rings is 1. The van der Waals surface area contributed by atoms with Gasteiger partial charge in [0.2, 0.25) is 5.91 Å². The molecule has 1 N–H and O–H groups in total. The van der Waals surface area contributed by atoms with E-state index in [0.717, 1.165) is 57.4 Å². The summed E-state index contributed by atoms with van der Waals surface area (Å²) in [7, 11) is 1.89. The normalized spacial score (nSPS) is 17.0. The highest BCUT2D eigenvalue weighted by atomic mass is 16.2. The van der Waals surface area contributed by atoms with Crippen LogP contribution in [0, 0.1) is 12.8 Å². The van der Waals surface area contributed by atoms with E-state index in [1.807, 2.05) is 48.0 Å². The maximum atomic E-state index is 12.5. The molecule has 0 aromatic heterocycles. The van der Waals surface area contributed by atoms with Crippen molar-refractivity contribution in [1.82, 2.24) is 9.80 Å². The first-order chi connectivity index (χ1) is 12.5. The van der Waals surface area contributed by atoms with Gasteiger partial charge in [0.25, 0.3) is 0 Å². The van der Waals surface area contributed by atoms with Gasteiger partial charge in [-0.05, 0) is 50.7 Å². The van der Waals surface area contributed by atoms with Crippen molar-refractivity contribution < 1.29 is 9.59 Å². The number of carbonyl (C=O) groups excluding carboxylic acids is 2. The van der Waals surface area contributed by atoms with Gasteiger partial charge >= 0.3 is 6.03 Å². The molecule has 0 saturated carbocycles. The second-order valence-electron chi connectivity index (χ2n) is 7.46. The Kier molecular flexibility index (Phi) is 7.95. The molecule has 1 aliphatic heterocycles. The lowest BCUT2D eigenvalue weighted by atomic mass is 9.93. The number of piperidine rings is 1. The largest absolute Gasteiger partial charge is 0.346 e. The lowest BCUT2D eigenvalue weighted by molar-refractivity contribution is -0.130. The van der Waals surface area contributed by atoms with Gasteiger partial charge in [0, 0.05) is 38.8 Å². The van der Waals surface area contributed by atoms with E-state index in [4.69, 9.17) is 0 Å². The molecule has 1 saturated heterocycles. The zero-order valence-electron chi connectivity index (χ0n) is 16.5. The molecule has 0 bridgehead atoms. The Bertz CT molecular complexity index is 585. The van der Waals surface area contributed by atoms with Crippen molar-refractivity contribution in [3.8, 4) is 0 Å². The number of amides is 3. The number of aryl methyl sites for hydroxylation is 1. The fourth-order valence-electron chi connectivity index (χ4n) is 3.36. The maximum Gasteiger partial charge on any atom is 0.321 e. The number of nitrogens with zero attached hydrogens (tertiary/aromatic N) is 2. The van der Waals surface area contributed by atoms with Gasteiger partial charge in [0.05, 0.1) is 0 Å². The fourth-order valence-corrected chi connectivity index (χ4v) is 3.36. The third-order valence-corrected chi connectivity index (χ3v) is 5.15. The maximum absolute atomic E-state index is 12.5. The lowest BCUT2D eigenvalue weighted by Crippen LogP contribution is -2.42. The topological polar surface area (TPSA) is 52.7 Å². The minimum Gasteiger partial charge on any atom is -0.346 e. The van der Waals surface area contributed by atoms with Crippen LogP contribution in [0.2, 0.25) is 0 Å². The first kappa shape index (κ1) is 20.3. The summed E-state index contributed by atoms with van der Waals surface area (Å²) in [5.41, 5.74) is 2.00. The second kappa shape index (κ2) is 10.2. The summed E-state index contributed by atoms with van der Waals surface area (Å²) in [5.74, 6) is 0.635. The molecule has 2 rings (SSSR count). The number of carbonyl (C=O) groups is 2. The highest BCUT2D eigenvalue weighted by Crippen LogP contribution is 2.22. The van der Waals surface area contributed by atoms with Crippen molar-refractivity contribution in [3.05, 3.63) is 29.8 Å². The zero-order chi connectivity index (χ0) is 18.9. The number of unbranched alkanes of at least 4 members (excludes halogenated alkanes) is 1. The predicted molar refractivity (Wildman–Crippen MR) is 106 cm³/mol. The van der Waals surface area contributed by atoms with E-state index >= 15 is 0 Å². The lowest BCUT2D eigenvalue weighted by Gasteiger charge is -2.33. The number of likely N-dealkylation sites (tertiary alicyclic amines) is 1. The van der Waals surface area contributed by atoms with Gasteiger partial charge in [0.1, 0.15) is 0 Å². The summed E-state index contributed by atoms with van der Waals surface area (Å²) in [6.45, 7) is 6.53. The van der Waals surface area contributed by atoms with Gasteiger partial charge in [-0.2, -0.15) is 0 Å². The van der Waals surface area contributed by atoms with Crippen LogP contribution in [-0.4, -0.2) is 48.4 Å². The summed E-state index contributed by atoms with van der Waals surface area (Å²) < 4.78 is 0. The molecule has 1 aromatic carbocycles. The van der Waals surface area contributed by atoms with Crippen molar-refractivity contribution in [2.45, 2.75) is 52.4 Å². The van der Waals surface area contributed by atoms with Gasteiger partial charge < -0.3 is 15.1 Å². The van der Waals surface area contributed by atoms with Crippen molar-refractivity contribution in [2.24, 2.45) is 5.92 Å². The molecule has 5 heteroatoms.